The molecule has 68 valence electrons. The Balaban J connectivity index is 2.10. The zero-order valence-corrected chi connectivity index (χ0v) is 7.35. The molecule has 3 heteroatoms. The summed E-state index contributed by atoms with van der Waals surface area (Å²) in [6.07, 6.45) is 4.49. The van der Waals surface area contributed by atoms with Crippen LogP contribution in [0.1, 0.15) is 32.1 Å². The lowest BCUT2D eigenvalue weighted by atomic mass is 10.1. The molecule has 2 heterocycles. The maximum Gasteiger partial charge on any atom is 0.246 e. The van der Waals surface area contributed by atoms with Crippen LogP contribution in [0.5, 0.6) is 0 Å². The second kappa shape index (κ2) is 3.42. The summed E-state index contributed by atoms with van der Waals surface area (Å²) in [5.74, 6) is 1.14. The summed E-state index contributed by atoms with van der Waals surface area (Å²) in [5, 5.41) is 3.29. The molecule has 1 atom stereocenters. The van der Waals surface area contributed by atoms with E-state index in [1.165, 1.54) is 12.8 Å². The van der Waals surface area contributed by atoms with Crippen molar-refractivity contribution in [3.05, 3.63) is 0 Å². The second-order valence-electron chi connectivity index (χ2n) is 3.60. The van der Waals surface area contributed by atoms with E-state index < -0.39 is 6.30 Å². The van der Waals surface area contributed by atoms with Crippen molar-refractivity contribution in [2.75, 3.05) is 13.1 Å². The van der Waals surface area contributed by atoms with Crippen molar-refractivity contribution in [1.82, 2.24) is 5.32 Å². The van der Waals surface area contributed by atoms with Crippen molar-refractivity contribution in [3.8, 4) is 0 Å². The molecule has 0 radical (unpaired) electrons. The molecule has 12 heavy (non-hydrogen) atoms. The maximum atomic E-state index is 13.2. The number of hydrogen-bond donors (Lipinski definition) is 1. The zero-order valence-electron chi connectivity index (χ0n) is 7.35. The molecule has 1 unspecified atom stereocenters. The third-order valence-electron chi connectivity index (χ3n) is 2.70. The van der Waals surface area contributed by atoms with Gasteiger partial charge in [0, 0.05) is 12.8 Å². The van der Waals surface area contributed by atoms with E-state index >= 15 is 0 Å². The van der Waals surface area contributed by atoms with Crippen LogP contribution in [0.25, 0.3) is 0 Å². The number of hydrogen-bond acceptors (Lipinski definition) is 0. The van der Waals surface area contributed by atoms with Gasteiger partial charge in [-0.25, -0.2) is 4.58 Å². The molecule has 0 spiro atoms. The van der Waals surface area contributed by atoms with E-state index in [0.29, 0.717) is 6.42 Å². The van der Waals surface area contributed by atoms with E-state index in [1.807, 2.05) is 4.58 Å². The first kappa shape index (κ1) is 8.02. The quantitative estimate of drug-likeness (QED) is 0.428. The van der Waals surface area contributed by atoms with Crippen molar-refractivity contribution in [1.29, 1.82) is 0 Å². The van der Waals surface area contributed by atoms with Gasteiger partial charge in [0.15, 0.2) is 0 Å². The fourth-order valence-corrected chi connectivity index (χ4v) is 2.01. The maximum absolute atomic E-state index is 13.2. The lowest BCUT2D eigenvalue weighted by Gasteiger charge is -2.13. The number of nitrogens with one attached hydrogen (secondary N) is 1. The van der Waals surface area contributed by atoms with Gasteiger partial charge in [-0.3, -0.25) is 5.32 Å². The summed E-state index contributed by atoms with van der Waals surface area (Å²) >= 11 is 0. The molecule has 2 aliphatic heterocycles. The lowest BCUT2D eigenvalue weighted by molar-refractivity contribution is -0.574. The second-order valence-corrected chi connectivity index (χ2v) is 3.60. The molecule has 2 fully saturated rings. The summed E-state index contributed by atoms with van der Waals surface area (Å²) in [5.41, 5.74) is 0. The summed E-state index contributed by atoms with van der Waals surface area (Å²) < 4.78 is 15.1. The SMILES string of the molecule is FC1CCC/[N+]1=C1\CCCCN1. The Hall–Kier alpha value is -0.600. The van der Waals surface area contributed by atoms with Crippen LogP contribution < -0.4 is 5.32 Å². The van der Waals surface area contributed by atoms with Gasteiger partial charge in [-0.05, 0) is 19.3 Å². The van der Waals surface area contributed by atoms with Crippen molar-refractivity contribution in [3.63, 3.8) is 0 Å². The van der Waals surface area contributed by atoms with Gasteiger partial charge in [0.05, 0.1) is 13.1 Å². The molecular formula is C9H16FN2+. The Labute approximate surface area is 72.5 Å². The minimum Gasteiger partial charge on any atom is -0.278 e. The molecule has 0 bridgehead atoms. The summed E-state index contributed by atoms with van der Waals surface area (Å²) in [4.78, 5) is 0. The largest absolute Gasteiger partial charge is 0.278 e. The highest BCUT2D eigenvalue weighted by Crippen LogP contribution is 2.15. The molecule has 0 aromatic rings. The van der Waals surface area contributed by atoms with Crippen LogP contribution >= 0.6 is 0 Å². The first-order chi connectivity index (χ1) is 5.88. The highest BCUT2D eigenvalue weighted by atomic mass is 19.1. The number of piperidine rings is 1. The smallest absolute Gasteiger partial charge is 0.246 e. The van der Waals surface area contributed by atoms with Gasteiger partial charge in [0.1, 0.15) is 0 Å². The summed E-state index contributed by atoms with van der Waals surface area (Å²) in [6, 6.07) is 0. The van der Waals surface area contributed by atoms with Gasteiger partial charge < -0.3 is 0 Å². The van der Waals surface area contributed by atoms with Crippen LogP contribution in [0.15, 0.2) is 0 Å². The topological polar surface area (TPSA) is 15.0 Å². The van der Waals surface area contributed by atoms with E-state index in [-0.39, 0.29) is 0 Å². The molecule has 0 saturated carbocycles. The van der Waals surface area contributed by atoms with Crippen LogP contribution in [-0.4, -0.2) is 29.8 Å². The van der Waals surface area contributed by atoms with Gasteiger partial charge in [-0.1, -0.05) is 0 Å². The highest BCUT2D eigenvalue weighted by molar-refractivity contribution is 5.77. The van der Waals surface area contributed by atoms with Crippen molar-refractivity contribution >= 4 is 5.84 Å². The summed E-state index contributed by atoms with van der Waals surface area (Å²) in [7, 11) is 0. The van der Waals surface area contributed by atoms with Crippen LogP contribution in [0.3, 0.4) is 0 Å². The molecule has 2 rings (SSSR count). The van der Waals surface area contributed by atoms with Gasteiger partial charge in [0.25, 0.3) is 0 Å². The van der Waals surface area contributed by atoms with E-state index in [9.17, 15) is 4.39 Å². The van der Waals surface area contributed by atoms with Crippen molar-refractivity contribution in [2.24, 2.45) is 0 Å². The molecule has 1 N–H and O–H groups in total. The van der Waals surface area contributed by atoms with E-state index in [2.05, 4.69) is 5.32 Å². The minimum absolute atomic E-state index is 0.713. The number of nitrogens with zero attached hydrogens (tertiary/aromatic N) is 1. The Bertz CT molecular complexity index is 193. The molecule has 2 aliphatic rings. The number of alkyl halides is 1. The Morgan fingerprint density at radius 3 is 2.83 bits per heavy atom. The first-order valence-electron chi connectivity index (χ1n) is 4.88. The lowest BCUT2D eigenvalue weighted by Crippen LogP contribution is -2.38. The third-order valence-corrected chi connectivity index (χ3v) is 2.70. The molecule has 2 saturated heterocycles. The highest BCUT2D eigenvalue weighted by Gasteiger charge is 2.28. The predicted octanol–water partition coefficient (Wildman–Crippen LogP) is 1.26. The number of rotatable bonds is 0. The zero-order chi connectivity index (χ0) is 8.39. The Kier molecular flexibility index (Phi) is 2.28. The summed E-state index contributed by atoms with van der Waals surface area (Å²) in [6.45, 7) is 1.93. The third kappa shape index (κ3) is 1.45. The number of amidine groups is 1. The van der Waals surface area contributed by atoms with Crippen molar-refractivity contribution in [2.45, 2.75) is 38.4 Å². The molecule has 0 amide bonds. The molecule has 0 aromatic heterocycles. The van der Waals surface area contributed by atoms with Gasteiger partial charge in [-0.2, -0.15) is 4.39 Å². The van der Waals surface area contributed by atoms with E-state index in [4.69, 9.17) is 0 Å². The van der Waals surface area contributed by atoms with Gasteiger partial charge in [-0.15, -0.1) is 0 Å². The molecule has 0 aliphatic carbocycles. The fraction of sp³-hybridized carbons (Fsp3) is 0.889. The average molecular weight is 171 g/mol. The monoisotopic (exact) mass is 171 g/mol. The van der Waals surface area contributed by atoms with Crippen LogP contribution in [0, 0.1) is 0 Å². The predicted molar refractivity (Wildman–Crippen MR) is 46.1 cm³/mol. The number of halogens is 1. The van der Waals surface area contributed by atoms with Gasteiger partial charge in [0.2, 0.25) is 12.1 Å². The average Bonchev–Trinajstić information content (AvgIpc) is 2.53. The van der Waals surface area contributed by atoms with Crippen LogP contribution in [0.2, 0.25) is 0 Å². The molecule has 0 aromatic carbocycles. The van der Waals surface area contributed by atoms with Crippen LogP contribution in [0.4, 0.5) is 4.39 Å². The first-order valence-corrected chi connectivity index (χ1v) is 4.88. The molecular weight excluding hydrogens is 155 g/mol. The Morgan fingerprint density at radius 2 is 2.25 bits per heavy atom. The normalized spacial score (nSPS) is 36.6. The van der Waals surface area contributed by atoms with E-state index in [0.717, 1.165) is 31.8 Å². The fourth-order valence-electron chi connectivity index (χ4n) is 2.01. The Morgan fingerprint density at radius 1 is 1.33 bits per heavy atom. The van der Waals surface area contributed by atoms with Crippen molar-refractivity contribution < 1.29 is 8.97 Å². The standard InChI is InChI=1S/C9H15FN2/c10-8-4-3-7-12(8)9-5-1-2-6-11-9/h8H,1-7H2/p+1. The minimum atomic E-state index is -0.717. The van der Waals surface area contributed by atoms with Gasteiger partial charge >= 0.3 is 0 Å². The molecule has 2 nitrogen and oxygen atoms in total. The van der Waals surface area contributed by atoms with Crippen LogP contribution in [-0.2, 0) is 0 Å². The van der Waals surface area contributed by atoms with E-state index in [1.54, 1.807) is 0 Å².